The Labute approximate surface area is 125 Å². The van der Waals surface area contributed by atoms with Gasteiger partial charge in [0.05, 0.1) is 18.6 Å². The zero-order valence-corrected chi connectivity index (χ0v) is 12.6. The van der Waals surface area contributed by atoms with E-state index >= 15 is 0 Å². The van der Waals surface area contributed by atoms with Gasteiger partial charge in [-0.2, -0.15) is 0 Å². The van der Waals surface area contributed by atoms with Gasteiger partial charge in [0.2, 0.25) is 0 Å². The Morgan fingerprint density at radius 3 is 2.76 bits per heavy atom. The van der Waals surface area contributed by atoms with Gasteiger partial charge in [0.1, 0.15) is 5.75 Å². The summed E-state index contributed by atoms with van der Waals surface area (Å²) >= 11 is 0. The largest absolute Gasteiger partial charge is 0.494 e. The highest BCUT2D eigenvalue weighted by Gasteiger charge is 2.17. The molecule has 1 aromatic heterocycles. The maximum Gasteiger partial charge on any atom is 0.119 e. The molecule has 1 aliphatic carbocycles. The maximum absolute atomic E-state index is 6.35. The molecule has 1 unspecified atom stereocenters. The lowest BCUT2D eigenvalue weighted by atomic mass is 10.0. The standard InChI is InChI=1S/C17H23N3O/c1-2-21-14-9-7-13(8-10-14)15(18)11-20-12-19-16-5-3-4-6-17(16)20/h7-10,12,15H,2-6,11,18H2,1H3. The first-order valence-electron chi connectivity index (χ1n) is 7.79. The summed E-state index contributed by atoms with van der Waals surface area (Å²) < 4.78 is 7.70. The number of benzene rings is 1. The lowest BCUT2D eigenvalue weighted by Crippen LogP contribution is -2.19. The number of fused-ring (bicyclic) bond motifs is 1. The van der Waals surface area contributed by atoms with Crippen LogP contribution in [0.2, 0.25) is 0 Å². The van der Waals surface area contributed by atoms with Crippen LogP contribution in [0.3, 0.4) is 0 Å². The van der Waals surface area contributed by atoms with Gasteiger partial charge in [-0.25, -0.2) is 4.98 Å². The Morgan fingerprint density at radius 1 is 1.24 bits per heavy atom. The molecule has 1 atom stereocenters. The smallest absolute Gasteiger partial charge is 0.119 e. The fourth-order valence-electron chi connectivity index (χ4n) is 2.98. The number of aromatic nitrogens is 2. The first kappa shape index (κ1) is 14.1. The van der Waals surface area contributed by atoms with Crippen LogP contribution < -0.4 is 10.5 Å². The van der Waals surface area contributed by atoms with Gasteiger partial charge in [-0.1, -0.05) is 12.1 Å². The van der Waals surface area contributed by atoms with E-state index in [-0.39, 0.29) is 6.04 Å². The number of rotatable bonds is 5. The zero-order valence-electron chi connectivity index (χ0n) is 12.6. The molecule has 0 saturated heterocycles. The molecule has 3 rings (SSSR count). The summed E-state index contributed by atoms with van der Waals surface area (Å²) in [7, 11) is 0. The van der Waals surface area contributed by atoms with Crippen molar-refractivity contribution in [2.45, 2.75) is 45.2 Å². The van der Waals surface area contributed by atoms with Crippen molar-refractivity contribution in [1.82, 2.24) is 9.55 Å². The highest BCUT2D eigenvalue weighted by Crippen LogP contribution is 2.23. The first-order chi connectivity index (χ1) is 10.3. The molecule has 0 amide bonds. The molecule has 1 aromatic carbocycles. The molecule has 0 spiro atoms. The summed E-state index contributed by atoms with van der Waals surface area (Å²) in [4.78, 5) is 4.53. The quantitative estimate of drug-likeness (QED) is 0.919. The summed E-state index contributed by atoms with van der Waals surface area (Å²) in [5.74, 6) is 0.897. The molecule has 21 heavy (non-hydrogen) atoms. The van der Waals surface area contributed by atoms with E-state index in [1.165, 1.54) is 24.2 Å². The molecular formula is C17H23N3O. The number of aryl methyl sites for hydroxylation is 1. The Hall–Kier alpha value is -1.81. The molecule has 2 aromatic rings. The second-order valence-corrected chi connectivity index (χ2v) is 5.61. The van der Waals surface area contributed by atoms with Gasteiger partial charge in [-0.15, -0.1) is 0 Å². The Bertz CT molecular complexity index is 589. The predicted octanol–water partition coefficient (Wildman–Crippen LogP) is 2.86. The van der Waals surface area contributed by atoms with E-state index in [9.17, 15) is 0 Å². The van der Waals surface area contributed by atoms with Crippen LogP contribution in [0.15, 0.2) is 30.6 Å². The second kappa shape index (κ2) is 6.31. The molecule has 4 nitrogen and oxygen atoms in total. The summed E-state index contributed by atoms with van der Waals surface area (Å²) in [6.45, 7) is 3.46. The highest BCUT2D eigenvalue weighted by molar-refractivity contribution is 5.29. The minimum absolute atomic E-state index is 0.0131. The Kier molecular flexibility index (Phi) is 4.25. The highest BCUT2D eigenvalue weighted by atomic mass is 16.5. The third-order valence-corrected chi connectivity index (χ3v) is 4.12. The van der Waals surface area contributed by atoms with Gasteiger partial charge in [0.15, 0.2) is 0 Å². The van der Waals surface area contributed by atoms with Crippen LogP contribution >= 0.6 is 0 Å². The van der Waals surface area contributed by atoms with Crippen molar-refractivity contribution in [3.63, 3.8) is 0 Å². The van der Waals surface area contributed by atoms with Crippen LogP contribution in [0.25, 0.3) is 0 Å². The van der Waals surface area contributed by atoms with Gasteiger partial charge < -0.3 is 15.0 Å². The number of nitrogens with two attached hydrogens (primary N) is 1. The summed E-state index contributed by atoms with van der Waals surface area (Å²) in [6, 6.07) is 8.07. The maximum atomic E-state index is 6.35. The van der Waals surface area contributed by atoms with Gasteiger partial charge in [0, 0.05) is 18.3 Å². The van der Waals surface area contributed by atoms with Gasteiger partial charge in [0.25, 0.3) is 0 Å². The van der Waals surface area contributed by atoms with Crippen LogP contribution in [0, 0.1) is 0 Å². The minimum atomic E-state index is -0.0131. The van der Waals surface area contributed by atoms with Gasteiger partial charge in [-0.05, 0) is 50.3 Å². The van der Waals surface area contributed by atoms with E-state index in [4.69, 9.17) is 10.5 Å². The van der Waals surface area contributed by atoms with E-state index in [2.05, 4.69) is 21.7 Å². The monoisotopic (exact) mass is 285 g/mol. The Morgan fingerprint density at radius 2 is 2.00 bits per heavy atom. The lowest BCUT2D eigenvalue weighted by molar-refractivity contribution is 0.340. The van der Waals surface area contributed by atoms with E-state index in [1.807, 2.05) is 25.4 Å². The van der Waals surface area contributed by atoms with Crippen molar-refractivity contribution in [2.24, 2.45) is 5.73 Å². The van der Waals surface area contributed by atoms with Crippen LogP contribution in [-0.2, 0) is 19.4 Å². The summed E-state index contributed by atoms with van der Waals surface area (Å²) in [5.41, 5.74) is 10.1. The molecule has 1 aliphatic rings. The van der Waals surface area contributed by atoms with Crippen molar-refractivity contribution in [3.05, 3.63) is 47.5 Å². The van der Waals surface area contributed by atoms with Crippen molar-refractivity contribution in [2.75, 3.05) is 6.61 Å². The van der Waals surface area contributed by atoms with Crippen molar-refractivity contribution in [3.8, 4) is 5.75 Å². The molecule has 112 valence electrons. The van der Waals surface area contributed by atoms with E-state index < -0.39 is 0 Å². The molecule has 1 heterocycles. The lowest BCUT2D eigenvalue weighted by Gasteiger charge is -2.18. The van der Waals surface area contributed by atoms with E-state index in [1.54, 1.807) is 0 Å². The average molecular weight is 285 g/mol. The summed E-state index contributed by atoms with van der Waals surface area (Å²) in [5, 5.41) is 0. The second-order valence-electron chi connectivity index (χ2n) is 5.61. The molecule has 2 N–H and O–H groups in total. The predicted molar refractivity (Wildman–Crippen MR) is 83.4 cm³/mol. The van der Waals surface area contributed by atoms with Crippen LogP contribution in [-0.4, -0.2) is 16.2 Å². The normalized spacial score (nSPS) is 15.5. The fraction of sp³-hybridized carbons (Fsp3) is 0.471. The number of ether oxygens (including phenoxy) is 1. The minimum Gasteiger partial charge on any atom is -0.494 e. The van der Waals surface area contributed by atoms with E-state index in [0.717, 1.165) is 30.7 Å². The fourth-order valence-corrected chi connectivity index (χ4v) is 2.98. The zero-order chi connectivity index (χ0) is 14.7. The molecule has 0 fully saturated rings. The topological polar surface area (TPSA) is 53.1 Å². The molecular weight excluding hydrogens is 262 g/mol. The van der Waals surface area contributed by atoms with E-state index in [0.29, 0.717) is 6.61 Å². The SMILES string of the molecule is CCOc1ccc(C(N)Cn2cnc3c2CCCC3)cc1. The van der Waals surface area contributed by atoms with Crippen molar-refractivity contribution < 1.29 is 4.74 Å². The first-order valence-corrected chi connectivity index (χ1v) is 7.79. The number of imidazole rings is 1. The average Bonchev–Trinajstić information content (AvgIpc) is 2.92. The van der Waals surface area contributed by atoms with Crippen LogP contribution in [0.5, 0.6) is 5.75 Å². The molecule has 0 aliphatic heterocycles. The number of nitrogens with zero attached hydrogens (tertiary/aromatic N) is 2. The molecule has 4 heteroatoms. The van der Waals surface area contributed by atoms with Gasteiger partial charge in [-0.3, -0.25) is 0 Å². The van der Waals surface area contributed by atoms with Gasteiger partial charge >= 0.3 is 0 Å². The number of hydrogen-bond acceptors (Lipinski definition) is 3. The van der Waals surface area contributed by atoms with Crippen molar-refractivity contribution in [1.29, 1.82) is 0 Å². The number of hydrogen-bond donors (Lipinski definition) is 1. The summed E-state index contributed by atoms with van der Waals surface area (Å²) in [6.07, 6.45) is 6.71. The van der Waals surface area contributed by atoms with Crippen molar-refractivity contribution >= 4 is 0 Å². The van der Waals surface area contributed by atoms with Crippen LogP contribution in [0.4, 0.5) is 0 Å². The third kappa shape index (κ3) is 3.10. The molecule has 0 bridgehead atoms. The molecule has 0 saturated carbocycles. The van der Waals surface area contributed by atoms with Crippen LogP contribution in [0.1, 0.15) is 42.8 Å². The molecule has 0 radical (unpaired) electrons. The Balaban J connectivity index is 1.71. The third-order valence-electron chi connectivity index (χ3n) is 4.12.